The van der Waals surface area contributed by atoms with Crippen LogP contribution < -0.4 is 5.32 Å². The zero-order chi connectivity index (χ0) is 14.4. The van der Waals surface area contributed by atoms with Crippen LogP contribution >= 0.6 is 11.6 Å². The van der Waals surface area contributed by atoms with E-state index < -0.39 is 0 Å². The van der Waals surface area contributed by atoms with E-state index in [1.54, 1.807) is 6.07 Å². The van der Waals surface area contributed by atoms with Crippen LogP contribution in [-0.4, -0.2) is 6.54 Å². The Labute approximate surface area is 124 Å². The summed E-state index contributed by atoms with van der Waals surface area (Å²) < 4.78 is 13.8. The third kappa shape index (κ3) is 4.06. The summed E-state index contributed by atoms with van der Waals surface area (Å²) >= 11 is 5.86. The fraction of sp³-hybridized carbons (Fsp3) is 0.294. The predicted octanol–water partition coefficient (Wildman–Crippen LogP) is 4.76. The van der Waals surface area contributed by atoms with Gasteiger partial charge in [-0.2, -0.15) is 0 Å². The van der Waals surface area contributed by atoms with Gasteiger partial charge in [-0.15, -0.1) is 0 Å². The molecule has 0 radical (unpaired) electrons. The quantitative estimate of drug-likeness (QED) is 0.809. The first-order valence-electron chi connectivity index (χ1n) is 6.93. The second kappa shape index (κ2) is 7.41. The van der Waals surface area contributed by atoms with E-state index in [-0.39, 0.29) is 11.9 Å². The first-order chi connectivity index (χ1) is 9.70. The summed E-state index contributed by atoms with van der Waals surface area (Å²) in [6.07, 6.45) is 1.77. The molecule has 0 saturated carbocycles. The van der Waals surface area contributed by atoms with Crippen LogP contribution in [0.5, 0.6) is 0 Å². The van der Waals surface area contributed by atoms with Crippen LogP contribution in [0.25, 0.3) is 0 Å². The van der Waals surface area contributed by atoms with Crippen molar-refractivity contribution in [2.45, 2.75) is 25.8 Å². The first kappa shape index (κ1) is 15.0. The maximum atomic E-state index is 13.8. The second-order valence-corrected chi connectivity index (χ2v) is 5.25. The maximum Gasteiger partial charge on any atom is 0.127 e. The van der Waals surface area contributed by atoms with E-state index in [1.165, 1.54) is 11.6 Å². The molecule has 0 amide bonds. The Bertz CT molecular complexity index is 539. The van der Waals surface area contributed by atoms with Crippen molar-refractivity contribution in [2.24, 2.45) is 0 Å². The molecular formula is C17H19ClFN. The van der Waals surface area contributed by atoms with Crippen molar-refractivity contribution in [2.75, 3.05) is 6.54 Å². The van der Waals surface area contributed by atoms with Gasteiger partial charge in [0, 0.05) is 16.6 Å². The number of hydrogen-bond acceptors (Lipinski definition) is 1. The Morgan fingerprint density at radius 2 is 1.80 bits per heavy atom. The maximum absolute atomic E-state index is 13.8. The van der Waals surface area contributed by atoms with Gasteiger partial charge in [-0.05, 0) is 43.1 Å². The summed E-state index contributed by atoms with van der Waals surface area (Å²) in [4.78, 5) is 0. The molecule has 1 N–H and O–H groups in total. The van der Waals surface area contributed by atoms with E-state index >= 15 is 0 Å². The Kier molecular flexibility index (Phi) is 5.57. The molecule has 0 fully saturated rings. The fourth-order valence-corrected chi connectivity index (χ4v) is 2.40. The van der Waals surface area contributed by atoms with E-state index in [4.69, 9.17) is 11.6 Å². The van der Waals surface area contributed by atoms with Crippen LogP contribution in [0.3, 0.4) is 0 Å². The van der Waals surface area contributed by atoms with Gasteiger partial charge in [-0.25, -0.2) is 4.39 Å². The summed E-state index contributed by atoms with van der Waals surface area (Å²) in [6.45, 7) is 2.88. The van der Waals surface area contributed by atoms with Gasteiger partial charge in [-0.3, -0.25) is 0 Å². The summed E-state index contributed by atoms with van der Waals surface area (Å²) in [5, 5.41) is 4.17. The Balaban J connectivity index is 1.91. The second-order valence-electron chi connectivity index (χ2n) is 4.81. The van der Waals surface area contributed by atoms with Crippen molar-refractivity contribution in [3.8, 4) is 0 Å². The lowest BCUT2D eigenvalue weighted by Crippen LogP contribution is -2.24. The van der Waals surface area contributed by atoms with E-state index in [9.17, 15) is 4.39 Å². The molecular weight excluding hydrogens is 273 g/mol. The molecule has 0 heterocycles. The minimum absolute atomic E-state index is 0.0588. The van der Waals surface area contributed by atoms with Crippen LogP contribution in [0.15, 0.2) is 48.5 Å². The van der Waals surface area contributed by atoms with Gasteiger partial charge in [0.25, 0.3) is 0 Å². The van der Waals surface area contributed by atoms with Gasteiger partial charge < -0.3 is 5.32 Å². The molecule has 0 aliphatic heterocycles. The zero-order valence-corrected chi connectivity index (χ0v) is 12.3. The topological polar surface area (TPSA) is 12.0 Å². The van der Waals surface area contributed by atoms with Gasteiger partial charge in [0.05, 0.1) is 0 Å². The molecule has 0 aromatic heterocycles. The average Bonchev–Trinajstić information content (AvgIpc) is 2.47. The number of rotatable bonds is 6. The van der Waals surface area contributed by atoms with E-state index in [1.807, 2.05) is 36.4 Å². The van der Waals surface area contributed by atoms with Crippen LogP contribution in [0.1, 0.15) is 30.5 Å². The summed E-state index contributed by atoms with van der Waals surface area (Å²) in [6, 6.07) is 14.8. The molecule has 0 saturated heterocycles. The standard InChI is InChI=1S/C17H19ClFN/c1-2-17(15-5-3-4-6-16(15)19)20-12-11-13-7-9-14(18)10-8-13/h3-10,17,20H,2,11-12H2,1H3. The Morgan fingerprint density at radius 1 is 1.10 bits per heavy atom. The fourth-order valence-electron chi connectivity index (χ4n) is 2.27. The molecule has 1 nitrogen and oxygen atoms in total. The van der Waals surface area contributed by atoms with Crippen LogP contribution in [0.2, 0.25) is 5.02 Å². The molecule has 1 unspecified atom stereocenters. The normalized spacial score (nSPS) is 12.3. The number of benzene rings is 2. The monoisotopic (exact) mass is 291 g/mol. The minimum Gasteiger partial charge on any atom is -0.310 e. The molecule has 2 aromatic carbocycles. The largest absolute Gasteiger partial charge is 0.310 e. The highest BCUT2D eigenvalue weighted by atomic mass is 35.5. The number of halogens is 2. The lowest BCUT2D eigenvalue weighted by Gasteiger charge is -2.18. The lowest BCUT2D eigenvalue weighted by molar-refractivity contribution is 0.491. The smallest absolute Gasteiger partial charge is 0.127 e. The van der Waals surface area contributed by atoms with Gasteiger partial charge in [0.15, 0.2) is 0 Å². The van der Waals surface area contributed by atoms with Crippen molar-refractivity contribution in [1.82, 2.24) is 5.32 Å². The third-order valence-corrected chi connectivity index (χ3v) is 3.66. The Morgan fingerprint density at radius 3 is 2.45 bits per heavy atom. The molecule has 106 valence electrons. The summed E-state index contributed by atoms with van der Waals surface area (Å²) in [5.41, 5.74) is 1.97. The van der Waals surface area contributed by atoms with E-state index in [0.717, 1.165) is 30.0 Å². The van der Waals surface area contributed by atoms with Crippen molar-refractivity contribution >= 4 is 11.6 Å². The van der Waals surface area contributed by atoms with Crippen molar-refractivity contribution in [1.29, 1.82) is 0 Å². The van der Waals surface area contributed by atoms with Crippen LogP contribution in [0.4, 0.5) is 4.39 Å². The molecule has 0 bridgehead atoms. The number of nitrogens with one attached hydrogen (secondary N) is 1. The molecule has 1 atom stereocenters. The van der Waals surface area contributed by atoms with Gasteiger partial charge in [0.1, 0.15) is 5.82 Å². The summed E-state index contributed by atoms with van der Waals surface area (Å²) in [7, 11) is 0. The molecule has 2 rings (SSSR count). The third-order valence-electron chi connectivity index (χ3n) is 3.41. The highest BCUT2D eigenvalue weighted by Crippen LogP contribution is 2.19. The molecule has 2 aromatic rings. The van der Waals surface area contributed by atoms with Crippen LogP contribution in [0, 0.1) is 5.82 Å². The zero-order valence-electron chi connectivity index (χ0n) is 11.6. The molecule has 0 aliphatic rings. The van der Waals surface area contributed by atoms with Crippen molar-refractivity contribution in [3.05, 3.63) is 70.5 Å². The lowest BCUT2D eigenvalue weighted by atomic mass is 10.0. The van der Waals surface area contributed by atoms with Gasteiger partial charge in [0.2, 0.25) is 0 Å². The number of hydrogen-bond donors (Lipinski definition) is 1. The van der Waals surface area contributed by atoms with E-state index in [2.05, 4.69) is 12.2 Å². The Hall–Kier alpha value is -1.38. The molecule has 20 heavy (non-hydrogen) atoms. The molecule has 0 spiro atoms. The van der Waals surface area contributed by atoms with Crippen molar-refractivity contribution in [3.63, 3.8) is 0 Å². The highest BCUT2D eigenvalue weighted by molar-refractivity contribution is 6.30. The first-order valence-corrected chi connectivity index (χ1v) is 7.30. The SMILES string of the molecule is CCC(NCCc1ccc(Cl)cc1)c1ccccc1F. The molecule has 0 aliphatic carbocycles. The highest BCUT2D eigenvalue weighted by Gasteiger charge is 2.12. The summed E-state index contributed by atoms with van der Waals surface area (Å²) in [5.74, 6) is -0.140. The van der Waals surface area contributed by atoms with Gasteiger partial charge in [-0.1, -0.05) is 48.9 Å². The average molecular weight is 292 g/mol. The van der Waals surface area contributed by atoms with Crippen LogP contribution in [-0.2, 0) is 6.42 Å². The van der Waals surface area contributed by atoms with Gasteiger partial charge >= 0.3 is 0 Å². The minimum atomic E-state index is -0.140. The van der Waals surface area contributed by atoms with Crippen molar-refractivity contribution < 1.29 is 4.39 Å². The predicted molar refractivity (Wildman–Crippen MR) is 82.6 cm³/mol. The molecule has 3 heteroatoms. The van der Waals surface area contributed by atoms with E-state index in [0.29, 0.717) is 0 Å².